The number of hydrogen-bond donors (Lipinski definition) is 1. The Kier molecular flexibility index (Phi) is 1.43. The first-order chi connectivity index (χ1) is 6.34. The molecular formula is C10H15N3. The van der Waals surface area contributed by atoms with Gasteiger partial charge in [-0.05, 0) is 25.2 Å². The van der Waals surface area contributed by atoms with Gasteiger partial charge in [-0.25, -0.2) is 0 Å². The normalized spacial score (nSPS) is 30.8. The minimum absolute atomic E-state index is 0.725. The standard InChI is InChI=1S/C10H15N3/c1-13-10-8(6-11-13)5-7-3-2-4-9(7)12-10/h6-7,9,12H,2-5H2,1H3/t7-,9-/m1/s1. The van der Waals surface area contributed by atoms with E-state index in [4.69, 9.17) is 0 Å². The summed E-state index contributed by atoms with van der Waals surface area (Å²) in [5, 5.41) is 7.89. The van der Waals surface area contributed by atoms with E-state index >= 15 is 0 Å². The summed E-state index contributed by atoms with van der Waals surface area (Å²) in [5.74, 6) is 2.12. The van der Waals surface area contributed by atoms with Gasteiger partial charge in [0.1, 0.15) is 5.82 Å². The van der Waals surface area contributed by atoms with Crippen LogP contribution in [0.5, 0.6) is 0 Å². The molecule has 70 valence electrons. The second kappa shape index (κ2) is 2.50. The number of rotatable bonds is 0. The lowest BCUT2D eigenvalue weighted by Gasteiger charge is -2.27. The first kappa shape index (κ1) is 7.42. The molecule has 0 radical (unpaired) electrons. The highest BCUT2D eigenvalue weighted by molar-refractivity contribution is 5.48. The monoisotopic (exact) mass is 177 g/mol. The molecule has 0 bridgehead atoms. The van der Waals surface area contributed by atoms with Gasteiger partial charge in [0, 0.05) is 18.7 Å². The highest BCUT2D eigenvalue weighted by Crippen LogP contribution is 2.37. The molecule has 1 aliphatic carbocycles. The van der Waals surface area contributed by atoms with Gasteiger partial charge in [0.25, 0.3) is 0 Å². The second-order valence-electron chi connectivity index (χ2n) is 4.29. The zero-order chi connectivity index (χ0) is 8.84. The van der Waals surface area contributed by atoms with E-state index in [2.05, 4.69) is 10.4 Å². The molecule has 3 nitrogen and oxygen atoms in total. The number of anilines is 1. The lowest BCUT2D eigenvalue weighted by molar-refractivity contribution is 0.483. The Morgan fingerprint density at radius 1 is 1.54 bits per heavy atom. The average molecular weight is 177 g/mol. The van der Waals surface area contributed by atoms with Crippen molar-refractivity contribution in [3.63, 3.8) is 0 Å². The second-order valence-corrected chi connectivity index (χ2v) is 4.29. The van der Waals surface area contributed by atoms with Crippen LogP contribution in [0.25, 0.3) is 0 Å². The van der Waals surface area contributed by atoms with Crippen molar-refractivity contribution < 1.29 is 0 Å². The van der Waals surface area contributed by atoms with Crippen LogP contribution in [0.1, 0.15) is 24.8 Å². The fourth-order valence-electron chi connectivity index (χ4n) is 2.75. The summed E-state index contributed by atoms with van der Waals surface area (Å²) in [6.07, 6.45) is 7.38. The zero-order valence-electron chi connectivity index (χ0n) is 7.95. The lowest BCUT2D eigenvalue weighted by atomic mass is 9.92. The van der Waals surface area contributed by atoms with Crippen molar-refractivity contribution in [2.75, 3.05) is 5.32 Å². The SMILES string of the molecule is Cn1ncc2c1N[C@@H]1CCC[C@@H]1C2. The topological polar surface area (TPSA) is 29.9 Å². The predicted molar refractivity (Wildman–Crippen MR) is 51.7 cm³/mol. The van der Waals surface area contributed by atoms with Crippen LogP contribution in [0.4, 0.5) is 5.82 Å². The van der Waals surface area contributed by atoms with Crippen molar-refractivity contribution >= 4 is 5.82 Å². The highest BCUT2D eigenvalue weighted by atomic mass is 15.3. The summed E-state index contributed by atoms with van der Waals surface area (Å²) in [6, 6.07) is 0.725. The van der Waals surface area contributed by atoms with Crippen LogP contribution in [-0.2, 0) is 13.5 Å². The number of hydrogen-bond acceptors (Lipinski definition) is 2. The molecule has 1 saturated carbocycles. The van der Waals surface area contributed by atoms with E-state index in [0.29, 0.717) is 0 Å². The summed E-state index contributed by atoms with van der Waals surface area (Å²) in [7, 11) is 2.01. The summed E-state index contributed by atoms with van der Waals surface area (Å²) in [6.45, 7) is 0. The minimum Gasteiger partial charge on any atom is -0.367 e. The van der Waals surface area contributed by atoms with Crippen LogP contribution in [0.2, 0.25) is 0 Å². The molecule has 0 amide bonds. The van der Waals surface area contributed by atoms with E-state index in [1.165, 1.54) is 37.1 Å². The maximum atomic E-state index is 4.28. The van der Waals surface area contributed by atoms with Crippen molar-refractivity contribution in [2.24, 2.45) is 13.0 Å². The van der Waals surface area contributed by atoms with Crippen molar-refractivity contribution in [2.45, 2.75) is 31.7 Å². The van der Waals surface area contributed by atoms with Crippen molar-refractivity contribution in [3.05, 3.63) is 11.8 Å². The molecule has 2 aliphatic rings. The van der Waals surface area contributed by atoms with Gasteiger partial charge in [0.05, 0.1) is 6.20 Å². The summed E-state index contributed by atoms with van der Waals surface area (Å²) in [5.41, 5.74) is 1.41. The Bertz CT molecular complexity index is 329. The predicted octanol–water partition coefficient (Wildman–Crippen LogP) is 1.56. The van der Waals surface area contributed by atoms with E-state index in [-0.39, 0.29) is 0 Å². The van der Waals surface area contributed by atoms with Gasteiger partial charge in [-0.15, -0.1) is 0 Å². The Morgan fingerprint density at radius 3 is 3.38 bits per heavy atom. The molecule has 2 atom stereocenters. The number of aromatic nitrogens is 2. The number of nitrogens with one attached hydrogen (secondary N) is 1. The van der Waals surface area contributed by atoms with Gasteiger partial charge in [-0.1, -0.05) is 6.42 Å². The van der Waals surface area contributed by atoms with Gasteiger partial charge >= 0.3 is 0 Å². The van der Waals surface area contributed by atoms with E-state index < -0.39 is 0 Å². The molecule has 3 rings (SSSR count). The molecule has 0 spiro atoms. The van der Waals surface area contributed by atoms with E-state index in [1.807, 2.05) is 17.9 Å². The van der Waals surface area contributed by atoms with Gasteiger partial charge in [0.15, 0.2) is 0 Å². The molecule has 1 N–H and O–H groups in total. The average Bonchev–Trinajstić information content (AvgIpc) is 2.70. The molecule has 1 fully saturated rings. The van der Waals surface area contributed by atoms with Gasteiger partial charge in [-0.2, -0.15) is 5.10 Å². The number of nitrogens with zero attached hydrogens (tertiary/aromatic N) is 2. The quantitative estimate of drug-likeness (QED) is 0.651. The molecular weight excluding hydrogens is 162 g/mol. The van der Waals surface area contributed by atoms with Crippen LogP contribution in [0, 0.1) is 5.92 Å². The number of aryl methyl sites for hydroxylation is 1. The van der Waals surface area contributed by atoms with Crippen molar-refractivity contribution in [1.82, 2.24) is 9.78 Å². The maximum Gasteiger partial charge on any atom is 0.127 e. The fraction of sp³-hybridized carbons (Fsp3) is 0.700. The molecule has 0 aromatic carbocycles. The first-order valence-corrected chi connectivity index (χ1v) is 5.12. The third kappa shape index (κ3) is 0.992. The molecule has 0 unspecified atom stereocenters. The summed E-state index contributed by atoms with van der Waals surface area (Å²) >= 11 is 0. The van der Waals surface area contributed by atoms with Crippen LogP contribution >= 0.6 is 0 Å². The van der Waals surface area contributed by atoms with Crippen LogP contribution < -0.4 is 5.32 Å². The number of fused-ring (bicyclic) bond motifs is 2. The molecule has 2 heterocycles. The zero-order valence-corrected chi connectivity index (χ0v) is 7.95. The Morgan fingerprint density at radius 2 is 2.46 bits per heavy atom. The highest BCUT2D eigenvalue weighted by Gasteiger charge is 2.33. The fourth-order valence-corrected chi connectivity index (χ4v) is 2.75. The van der Waals surface area contributed by atoms with Gasteiger partial charge < -0.3 is 5.32 Å². The van der Waals surface area contributed by atoms with E-state index in [0.717, 1.165) is 12.0 Å². The third-order valence-corrected chi connectivity index (χ3v) is 3.48. The van der Waals surface area contributed by atoms with Crippen LogP contribution in [-0.4, -0.2) is 15.8 Å². The molecule has 0 saturated heterocycles. The Balaban J connectivity index is 1.98. The smallest absolute Gasteiger partial charge is 0.127 e. The molecule has 1 aromatic rings. The van der Waals surface area contributed by atoms with E-state index in [9.17, 15) is 0 Å². The molecule has 3 heteroatoms. The summed E-state index contributed by atoms with van der Waals surface area (Å²) < 4.78 is 1.96. The summed E-state index contributed by atoms with van der Waals surface area (Å²) in [4.78, 5) is 0. The van der Waals surface area contributed by atoms with Gasteiger partial charge in [-0.3, -0.25) is 4.68 Å². The minimum atomic E-state index is 0.725. The first-order valence-electron chi connectivity index (χ1n) is 5.12. The maximum absolute atomic E-state index is 4.28. The van der Waals surface area contributed by atoms with E-state index in [1.54, 1.807) is 0 Å². The van der Waals surface area contributed by atoms with Crippen LogP contribution in [0.3, 0.4) is 0 Å². The van der Waals surface area contributed by atoms with Gasteiger partial charge in [0.2, 0.25) is 0 Å². The van der Waals surface area contributed by atoms with Crippen molar-refractivity contribution in [3.8, 4) is 0 Å². The molecule has 1 aliphatic heterocycles. The lowest BCUT2D eigenvalue weighted by Crippen LogP contribution is -2.31. The third-order valence-electron chi connectivity index (χ3n) is 3.48. The van der Waals surface area contributed by atoms with Crippen LogP contribution in [0.15, 0.2) is 6.20 Å². The Hall–Kier alpha value is -0.990. The largest absolute Gasteiger partial charge is 0.367 e. The Labute approximate surface area is 78.1 Å². The molecule has 13 heavy (non-hydrogen) atoms. The molecule has 1 aromatic heterocycles. The van der Waals surface area contributed by atoms with Crippen molar-refractivity contribution in [1.29, 1.82) is 0 Å².